The molecular formula is C17H17ClN4OS. The van der Waals surface area contributed by atoms with E-state index in [1.54, 1.807) is 5.38 Å². The quantitative estimate of drug-likeness (QED) is 0.656. The standard InChI is InChI=1S/C17H17ClN4OS/c1-11-13(9-20-22-11)3-2-8-19-16(23)15-10-24-17(21-15)12-4-6-14(18)7-5-12/h4-7,9-10H,2-3,8H2,1H3,(H,19,23)(H,20,22). The van der Waals surface area contributed by atoms with Crippen molar-refractivity contribution in [1.29, 1.82) is 0 Å². The van der Waals surface area contributed by atoms with E-state index in [-0.39, 0.29) is 5.91 Å². The fourth-order valence-electron chi connectivity index (χ4n) is 2.30. The molecule has 0 saturated carbocycles. The maximum atomic E-state index is 12.2. The molecule has 0 aliphatic heterocycles. The third-order valence-electron chi connectivity index (χ3n) is 3.67. The zero-order valence-electron chi connectivity index (χ0n) is 13.2. The van der Waals surface area contributed by atoms with E-state index in [1.165, 1.54) is 16.9 Å². The molecule has 0 radical (unpaired) electrons. The fourth-order valence-corrected chi connectivity index (χ4v) is 3.23. The number of nitrogens with one attached hydrogen (secondary N) is 2. The molecule has 0 saturated heterocycles. The Kier molecular flexibility index (Phi) is 5.27. The number of thiazole rings is 1. The summed E-state index contributed by atoms with van der Waals surface area (Å²) in [6, 6.07) is 7.43. The third kappa shape index (κ3) is 4.01. The number of H-pyrrole nitrogens is 1. The second-order valence-corrected chi connectivity index (χ2v) is 6.72. The third-order valence-corrected chi connectivity index (χ3v) is 4.81. The Morgan fingerprint density at radius 2 is 2.12 bits per heavy atom. The molecule has 0 aliphatic rings. The molecule has 0 atom stereocenters. The van der Waals surface area contributed by atoms with Crippen molar-refractivity contribution in [3.63, 3.8) is 0 Å². The Morgan fingerprint density at radius 1 is 1.33 bits per heavy atom. The van der Waals surface area contributed by atoms with E-state index >= 15 is 0 Å². The van der Waals surface area contributed by atoms with Crippen LogP contribution in [0.3, 0.4) is 0 Å². The van der Waals surface area contributed by atoms with Crippen LogP contribution in [0.4, 0.5) is 0 Å². The van der Waals surface area contributed by atoms with Crippen LogP contribution in [0.25, 0.3) is 10.6 Å². The Balaban J connectivity index is 1.52. The number of benzene rings is 1. The molecular weight excluding hydrogens is 344 g/mol. The number of amides is 1. The summed E-state index contributed by atoms with van der Waals surface area (Å²) in [4.78, 5) is 16.6. The Bertz CT molecular complexity index is 825. The van der Waals surface area contributed by atoms with E-state index in [9.17, 15) is 4.79 Å². The van der Waals surface area contributed by atoms with Crippen molar-refractivity contribution < 1.29 is 4.79 Å². The summed E-state index contributed by atoms with van der Waals surface area (Å²) < 4.78 is 0. The summed E-state index contributed by atoms with van der Waals surface area (Å²) in [6.45, 7) is 2.60. The predicted octanol–water partition coefficient (Wildman–Crippen LogP) is 3.86. The molecule has 0 unspecified atom stereocenters. The van der Waals surface area contributed by atoms with Crippen LogP contribution >= 0.6 is 22.9 Å². The zero-order valence-corrected chi connectivity index (χ0v) is 14.7. The van der Waals surface area contributed by atoms with Gasteiger partial charge in [-0.25, -0.2) is 4.98 Å². The zero-order chi connectivity index (χ0) is 16.9. The number of aryl methyl sites for hydroxylation is 2. The van der Waals surface area contributed by atoms with Crippen LogP contribution in [-0.4, -0.2) is 27.6 Å². The van der Waals surface area contributed by atoms with Crippen molar-refractivity contribution in [3.05, 3.63) is 57.8 Å². The minimum Gasteiger partial charge on any atom is -0.351 e. The van der Waals surface area contributed by atoms with Crippen LogP contribution in [-0.2, 0) is 6.42 Å². The Morgan fingerprint density at radius 3 is 2.83 bits per heavy atom. The van der Waals surface area contributed by atoms with Gasteiger partial charge in [0.05, 0.1) is 6.20 Å². The van der Waals surface area contributed by atoms with Crippen molar-refractivity contribution in [3.8, 4) is 10.6 Å². The van der Waals surface area contributed by atoms with Crippen molar-refractivity contribution in [2.75, 3.05) is 6.54 Å². The van der Waals surface area contributed by atoms with Gasteiger partial charge in [-0.15, -0.1) is 11.3 Å². The number of rotatable bonds is 6. The Labute approximate surface area is 149 Å². The molecule has 7 heteroatoms. The molecule has 0 spiro atoms. The molecule has 0 aliphatic carbocycles. The molecule has 124 valence electrons. The lowest BCUT2D eigenvalue weighted by Gasteiger charge is -2.03. The summed E-state index contributed by atoms with van der Waals surface area (Å²) in [7, 11) is 0. The SMILES string of the molecule is Cc1[nH]ncc1CCCNC(=O)c1csc(-c2ccc(Cl)cc2)n1. The Hall–Kier alpha value is -2.18. The number of halogens is 1. The first-order chi connectivity index (χ1) is 11.6. The second-order valence-electron chi connectivity index (χ2n) is 5.42. The molecule has 5 nitrogen and oxygen atoms in total. The highest BCUT2D eigenvalue weighted by atomic mass is 35.5. The van der Waals surface area contributed by atoms with Gasteiger partial charge < -0.3 is 5.32 Å². The normalized spacial score (nSPS) is 10.8. The minimum absolute atomic E-state index is 0.143. The van der Waals surface area contributed by atoms with Crippen molar-refractivity contribution in [1.82, 2.24) is 20.5 Å². The van der Waals surface area contributed by atoms with Crippen LogP contribution in [0.15, 0.2) is 35.8 Å². The molecule has 0 bridgehead atoms. The van der Waals surface area contributed by atoms with Gasteiger partial charge in [0, 0.05) is 28.2 Å². The molecule has 2 N–H and O–H groups in total. The van der Waals surface area contributed by atoms with Gasteiger partial charge in [-0.2, -0.15) is 5.10 Å². The summed E-state index contributed by atoms with van der Waals surface area (Å²) in [6.07, 6.45) is 3.58. The molecule has 1 amide bonds. The first-order valence-corrected chi connectivity index (χ1v) is 8.88. The highest BCUT2D eigenvalue weighted by Gasteiger charge is 2.11. The van der Waals surface area contributed by atoms with Crippen molar-refractivity contribution in [2.45, 2.75) is 19.8 Å². The lowest BCUT2D eigenvalue weighted by molar-refractivity contribution is 0.0949. The molecule has 24 heavy (non-hydrogen) atoms. The van der Waals surface area contributed by atoms with E-state index < -0.39 is 0 Å². The van der Waals surface area contributed by atoms with Gasteiger partial charge in [-0.1, -0.05) is 23.7 Å². The van der Waals surface area contributed by atoms with E-state index in [2.05, 4.69) is 20.5 Å². The predicted molar refractivity (Wildman–Crippen MR) is 96.5 cm³/mol. The highest BCUT2D eigenvalue weighted by molar-refractivity contribution is 7.13. The lowest BCUT2D eigenvalue weighted by Crippen LogP contribution is -2.25. The average Bonchev–Trinajstić information content (AvgIpc) is 3.22. The summed E-state index contributed by atoms with van der Waals surface area (Å²) >= 11 is 7.33. The first kappa shape index (κ1) is 16.7. The molecule has 3 aromatic rings. The lowest BCUT2D eigenvalue weighted by atomic mass is 10.1. The first-order valence-electron chi connectivity index (χ1n) is 7.62. The number of carbonyl (C=O) groups excluding carboxylic acids is 1. The van der Waals surface area contributed by atoms with E-state index in [0.29, 0.717) is 17.3 Å². The van der Waals surface area contributed by atoms with Crippen LogP contribution in [0.2, 0.25) is 5.02 Å². The number of nitrogens with zero attached hydrogens (tertiary/aromatic N) is 2. The van der Waals surface area contributed by atoms with E-state index in [1.807, 2.05) is 37.4 Å². The van der Waals surface area contributed by atoms with Crippen LogP contribution < -0.4 is 5.32 Å². The van der Waals surface area contributed by atoms with Gasteiger partial charge in [0.15, 0.2) is 0 Å². The van der Waals surface area contributed by atoms with E-state index in [4.69, 9.17) is 11.6 Å². The summed E-state index contributed by atoms with van der Waals surface area (Å²) in [5.74, 6) is -0.143. The maximum Gasteiger partial charge on any atom is 0.270 e. The molecule has 0 fully saturated rings. The smallest absolute Gasteiger partial charge is 0.270 e. The van der Waals surface area contributed by atoms with Crippen LogP contribution in [0.1, 0.15) is 28.2 Å². The summed E-state index contributed by atoms with van der Waals surface area (Å²) in [5.41, 5.74) is 3.67. The monoisotopic (exact) mass is 360 g/mol. The second kappa shape index (κ2) is 7.59. The van der Waals surface area contributed by atoms with Gasteiger partial charge in [-0.05, 0) is 37.5 Å². The largest absolute Gasteiger partial charge is 0.351 e. The molecule has 2 heterocycles. The van der Waals surface area contributed by atoms with Gasteiger partial charge in [0.2, 0.25) is 0 Å². The topological polar surface area (TPSA) is 70.7 Å². The maximum absolute atomic E-state index is 12.2. The van der Waals surface area contributed by atoms with E-state index in [0.717, 1.165) is 29.1 Å². The van der Waals surface area contributed by atoms with Gasteiger partial charge in [0.25, 0.3) is 5.91 Å². The highest BCUT2D eigenvalue weighted by Crippen LogP contribution is 2.25. The van der Waals surface area contributed by atoms with Crippen LogP contribution in [0.5, 0.6) is 0 Å². The van der Waals surface area contributed by atoms with Gasteiger partial charge in [-0.3, -0.25) is 9.89 Å². The van der Waals surface area contributed by atoms with Gasteiger partial charge >= 0.3 is 0 Å². The number of aromatic amines is 1. The molecule has 2 aromatic heterocycles. The number of aromatic nitrogens is 3. The minimum atomic E-state index is -0.143. The van der Waals surface area contributed by atoms with Crippen molar-refractivity contribution in [2.24, 2.45) is 0 Å². The van der Waals surface area contributed by atoms with Gasteiger partial charge in [0.1, 0.15) is 10.7 Å². The molecule has 1 aromatic carbocycles. The van der Waals surface area contributed by atoms with Crippen molar-refractivity contribution >= 4 is 28.8 Å². The number of carbonyl (C=O) groups is 1. The van der Waals surface area contributed by atoms with Crippen LogP contribution in [0, 0.1) is 6.92 Å². The number of hydrogen-bond donors (Lipinski definition) is 2. The summed E-state index contributed by atoms with van der Waals surface area (Å²) in [5, 5.41) is 13.1. The molecule has 3 rings (SSSR count). The fraction of sp³-hybridized carbons (Fsp3) is 0.235. The average molecular weight is 361 g/mol. The number of hydrogen-bond acceptors (Lipinski definition) is 4.